The SMILES string of the molecule is CCNc1nnc(C(=O)NCC(C)OC)s1. The van der Waals surface area contributed by atoms with Crippen LogP contribution in [0.4, 0.5) is 5.13 Å². The summed E-state index contributed by atoms with van der Waals surface area (Å²) in [5.74, 6) is -0.217. The monoisotopic (exact) mass is 244 g/mol. The van der Waals surface area contributed by atoms with Gasteiger partial charge in [0.2, 0.25) is 10.1 Å². The lowest BCUT2D eigenvalue weighted by Gasteiger charge is -2.08. The molecule has 16 heavy (non-hydrogen) atoms. The molecule has 0 aromatic carbocycles. The molecule has 0 aliphatic rings. The third kappa shape index (κ3) is 3.74. The van der Waals surface area contributed by atoms with Crippen LogP contribution < -0.4 is 10.6 Å². The molecule has 1 atom stereocenters. The van der Waals surface area contributed by atoms with Crippen LogP contribution in [0.15, 0.2) is 0 Å². The highest BCUT2D eigenvalue weighted by Crippen LogP contribution is 2.14. The van der Waals surface area contributed by atoms with E-state index in [9.17, 15) is 4.79 Å². The van der Waals surface area contributed by atoms with Gasteiger partial charge in [-0.2, -0.15) is 0 Å². The maximum absolute atomic E-state index is 11.6. The van der Waals surface area contributed by atoms with Gasteiger partial charge in [0, 0.05) is 20.2 Å². The predicted octanol–water partition coefficient (Wildman–Crippen LogP) is 0.735. The van der Waals surface area contributed by atoms with Crippen molar-refractivity contribution >= 4 is 22.4 Å². The van der Waals surface area contributed by atoms with Gasteiger partial charge in [-0.3, -0.25) is 4.79 Å². The Balaban J connectivity index is 2.46. The maximum Gasteiger partial charge on any atom is 0.282 e. The lowest BCUT2D eigenvalue weighted by molar-refractivity contribution is 0.0869. The van der Waals surface area contributed by atoms with E-state index in [0.29, 0.717) is 16.7 Å². The molecule has 0 aliphatic heterocycles. The van der Waals surface area contributed by atoms with Gasteiger partial charge in [0.05, 0.1) is 6.10 Å². The van der Waals surface area contributed by atoms with Gasteiger partial charge in [0.1, 0.15) is 0 Å². The van der Waals surface area contributed by atoms with Crippen LogP contribution >= 0.6 is 11.3 Å². The summed E-state index contributed by atoms with van der Waals surface area (Å²) in [4.78, 5) is 11.6. The summed E-state index contributed by atoms with van der Waals surface area (Å²) in [6.45, 7) is 5.06. The molecule has 1 rings (SSSR count). The Morgan fingerprint density at radius 1 is 1.56 bits per heavy atom. The third-order valence-corrected chi connectivity index (χ3v) is 2.78. The first-order chi connectivity index (χ1) is 7.67. The van der Waals surface area contributed by atoms with Crippen molar-refractivity contribution < 1.29 is 9.53 Å². The molecule has 90 valence electrons. The summed E-state index contributed by atoms with van der Waals surface area (Å²) in [5.41, 5.74) is 0. The number of hydrogen-bond donors (Lipinski definition) is 2. The number of carbonyl (C=O) groups excluding carboxylic acids is 1. The van der Waals surface area contributed by atoms with Crippen LogP contribution in [0.1, 0.15) is 23.6 Å². The number of nitrogens with zero attached hydrogens (tertiary/aromatic N) is 2. The molecule has 0 saturated heterocycles. The minimum atomic E-state index is -0.217. The van der Waals surface area contributed by atoms with Crippen LogP contribution in [0.3, 0.4) is 0 Å². The summed E-state index contributed by atoms with van der Waals surface area (Å²) in [6, 6.07) is 0. The number of aromatic nitrogens is 2. The van der Waals surface area contributed by atoms with E-state index in [1.54, 1.807) is 7.11 Å². The van der Waals surface area contributed by atoms with E-state index in [0.717, 1.165) is 6.54 Å². The minimum absolute atomic E-state index is 0.00916. The highest BCUT2D eigenvalue weighted by molar-refractivity contribution is 7.17. The first kappa shape index (κ1) is 12.9. The van der Waals surface area contributed by atoms with Gasteiger partial charge >= 0.3 is 0 Å². The van der Waals surface area contributed by atoms with Crippen molar-refractivity contribution in [3.8, 4) is 0 Å². The fraction of sp³-hybridized carbons (Fsp3) is 0.667. The van der Waals surface area contributed by atoms with Crippen LogP contribution in [0, 0.1) is 0 Å². The second-order valence-corrected chi connectivity index (χ2v) is 4.18. The number of rotatable bonds is 6. The lowest BCUT2D eigenvalue weighted by Crippen LogP contribution is -2.31. The molecule has 0 saturated carbocycles. The molecule has 1 amide bonds. The Bertz CT molecular complexity index is 342. The number of ether oxygens (including phenoxy) is 1. The molecule has 0 spiro atoms. The molecule has 0 bridgehead atoms. The quantitative estimate of drug-likeness (QED) is 0.771. The Labute approximate surface area is 98.4 Å². The highest BCUT2D eigenvalue weighted by atomic mass is 32.1. The van der Waals surface area contributed by atoms with Gasteiger partial charge in [0.15, 0.2) is 0 Å². The van der Waals surface area contributed by atoms with Crippen molar-refractivity contribution in [2.45, 2.75) is 20.0 Å². The topological polar surface area (TPSA) is 76.1 Å². The van der Waals surface area contributed by atoms with Gasteiger partial charge in [-0.15, -0.1) is 10.2 Å². The molecular weight excluding hydrogens is 228 g/mol. The zero-order valence-electron chi connectivity index (χ0n) is 9.61. The van der Waals surface area contributed by atoms with Crippen LogP contribution in [0.5, 0.6) is 0 Å². The van der Waals surface area contributed by atoms with Crippen LogP contribution in [-0.2, 0) is 4.74 Å². The standard InChI is InChI=1S/C9H16N4O2S/c1-4-10-9-13-12-8(16-9)7(14)11-5-6(2)15-3/h6H,4-5H2,1-3H3,(H,10,13)(H,11,14). The Morgan fingerprint density at radius 3 is 2.94 bits per heavy atom. The average Bonchev–Trinajstić information content (AvgIpc) is 2.74. The fourth-order valence-electron chi connectivity index (χ4n) is 0.933. The molecule has 6 nitrogen and oxygen atoms in total. The van der Waals surface area contributed by atoms with Gasteiger partial charge in [-0.25, -0.2) is 0 Å². The maximum atomic E-state index is 11.6. The number of anilines is 1. The van der Waals surface area contributed by atoms with E-state index >= 15 is 0 Å². The fourth-order valence-corrected chi connectivity index (χ4v) is 1.66. The summed E-state index contributed by atoms with van der Waals surface area (Å²) in [6.07, 6.45) is -0.00916. The second kappa shape index (κ2) is 6.39. The largest absolute Gasteiger partial charge is 0.380 e. The van der Waals surface area contributed by atoms with Crippen molar-refractivity contribution in [3.05, 3.63) is 5.01 Å². The normalized spacial score (nSPS) is 12.2. The molecule has 0 aliphatic carbocycles. The third-order valence-electron chi connectivity index (χ3n) is 1.90. The van der Waals surface area contributed by atoms with Gasteiger partial charge < -0.3 is 15.4 Å². The number of amides is 1. The molecule has 1 aromatic rings. The van der Waals surface area contributed by atoms with E-state index in [1.807, 2.05) is 13.8 Å². The predicted molar refractivity (Wildman–Crippen MR) is 62.9 cm³/mol. The average molecular weight is 244 g/mol. The van der Waals surface area contributed by atoms with Crippen molar-refractivity contribution in [3.63, 3.8) is 0 Å². The van der Waals surface area contributed by atoms with Gasteiger partial charge in [-0.05, 0) is 13.8 Å². The summed E-state index contributed by atoms with van der Waals surface area (Å²) in [7, 11) is 1.60. The number of nitrogens with one attached hydrogen (secondary N) is 2. The first-order valence-corrected chi connectivity index (χ1v) is 5.87. The van der Waals surface area contributed by atoms with Crippen molar-refractivity contribution in [2.24, 2.45) is 0 Å². The number of carbonyl (C=O) groups is 1. The van der Waals surface area contributed by atoms with E-state index in [4.69, 9.17) is 4.74 Å². The van der Waals surface area contributed by atoms with Crippen molar-refractivity contribution in [2.75, 3.05) is 25.5 Å². The summed E-state index contributed by atoms with van der Waals surface area (Å²) in [5, 5.41) is 14.4. The number of hydrogen-bond acceptors (Lipinski definition) is 6. The van der Waals surface area contributed by atoms with E-state index in [1.165, 1.54) is 11.3 Å². The Hall–Kier alpha value is -1.21. The molecule has 7 heteroatoms. The van der Waals surface area contributed by atoms with E-state index in [-0.39, 0.29) is 12.0 Å². The Morgan fingerprint density at radius 2 is 2.31 bits per heavy atom. The second-order valence-electron chi connectivity index (χ2n) is 3.20. The Kier molecular flexibility index (Phi) is 5.13. The zero-order valence-corrected chi connectivity index (χ0v) is 10.4. The summed E-state index contributed by atoms with van der Waals surface area (Å²) >= 11 is 1.24. The van der Waals surface area contributed by atoms with Crippen LogP contribution in [-0.4, -0.2) is 42.4 Å². The van der Waals surface area contributed by atoms with Crippen LogP contribution in [0.25, 0.3) is 0 Å². The minimum Gasteiger partial charge on any atom is -0.380 e. The van der Waals surface area contributed by atoms with E-state index < -0.39 is 0 Å². The molecule has 1 heterocycles. The number of methoxy groups -OCH3 is 1. The van der Waals surface area contributed by atoms with Crippen LogP contribution in [0.2, 0.25) is 0 Å². The molecular formula is C9H16N4O2S. The molecule has 2 N–H and O–H groups in total. The summed E-state index contributed by atoms with van der Waals surface area (Å²) < 4.78 is 5.02. The molecule has 0 fully saturated rings. The smallest absolute Gasteiger partial charge is 0.282 e. The highest BCUT2D eigenvalue weighted by Gasteiger charge is 2.12. The van der Waals surface area contributed by atoms with Crippen molar-refractivity contribution in [1.29, 1.82) is 0 Å². The van der Waals surface area contributed by atoms with Gasteiger partial charge in [-0.1, -0.05) is 11.3 Å². The zero-order chi connectivity index (χ0) is 12.0. The van der Waals surface area contributed by atoms with Crippen molar-refractivity contribution in [1.82, 2.24) is 15.5 Å². The lowest BCUT2D eigenvalue weighted by atomic mass is 10.4. The van der Waals surface area contributed by atoms with Gasteiger partial charge in [0.25, 0.3) is 5.91 Å². The first-order valence-electron chi connectivity index (χ1n) is 5.05. The molecule has 1 aromatic heterocycles. The van der Waals surface area contributed by atoms with E-state index in [2.05, 4.69) is 20.8 Å². The molecule has 1 unspecified atom stereocenters. The molecule has 0 radical (unpaired) electrons.